The maximum Gasteiger partial charge on any atom is 0.238 e. The Morgan fingerprint density at radius 3 is 2.62 bits per heavy atom. The van der Waals surface area contributed by atoms with Gasteiger partial charge in [-0.05, 0) is 70.6 Å². The van der Waals surface area contributed by atoms with E-state index in [2.05, 4.69) is 22.5 Å². The summed E-state index contributed by atoms with van der Waals surface area (Å²) >= 11 is 0. The smallest absolute Gasteiger partial charge is 0.238 e. The quantitative estimate of drug-likeness (QED) is 0.785. The van der Waals surface area contributed by atoms with E-state index in [1.54, 1.807) is 0 Å². The van der Waals surface area contributed by atoms with Crippen molar-refractivity contribution in [1.29, 1.82) is 0 Å². The highest BCUT2D eigenvalue weighted by atomic mass is 16.2. The lowest BCUT2D eigenvalue weighted by Gasteiger charge is -2.34. The van der Waals surface area contributed by atoms with Gasteiger partial charge >= 0.3 is 0 Å². The van der Waals surface area contributed by atoms with Crippen molar-refractivity contribution in [2.75, 3.05) is 44.4 Å². The van der Waals surface area contributed by atoms with E-state index in [9.17, 15) is 9.59 Å². The molecule has 1 aromatic rings. The summed E-state index contributed by atoms with van der Waals surface area (Å²) in [5, 5.41) is 5.89. The van der Waals surface area contributed by atoms with Crippen LogP contribution in [0, 0.1) is 6.92 Å². The fraction of sp³-hybridized carbons (Fsp3) is 0.600. The molecule has 0 bridgehead atoms. The van der Waals surface area contributed by atoms with Crippen LogP contribution >= 0.6 is 0 Å². The van der Waals surface area contributed by atoms with Crippen molar-refractivity contribution < 1.29 is 9.59 Å². The van der Waals surface area contributed by atoms with Gasteiger partial charge in [0.15, 0.2) is 0 Å². The predicted molar refractivity (Wildman–Crippen MR) is 106 cm³/mol. The van der Waals surface area contributed by atoms with Gasteiger partial charge in [0.25, 0.3) is 0 Å². The molecule has 1 aromatic carbocycles. The molecule has 1 atom stereocenters. The number of likely N-dealkylation sites (tertiary alicyclic amines) is 1. The number of nitrogens with one attached hydrogen (secondary N) is 2. The van der Waals surface area contributed by atoms with E-state index < -0.39 is 0 Å². The molecule has 26 heavy (non-hydrogen) atoms. The third-order valence-corrected chi connectivity index (χ3v) is 4.81. The average molecular weight is 361 g/mol. The first kappa shape index (κ1) is 20.4. The third kappa shape index (κ3) is 6.11. The summed E-state index contributed by atoms with van der Waals surface area (Å²) in [6.07, 6.45) is 4.71. The molecule has 2 amide bonds. The fourth-order valence-electron chi connectivity index (χ4n) is 3.47. The number of aryl methyl sites for hydroxylation is 1. The number of carbonyl (C=O) groups excluding carboxylic acids is 2. The van der Waals surface area contributed by atoms with Crippen molar-refractivity contribution in [2.24, 2.45) is 0 Å². The second-order valence-electron chi connectivity index (χ2n) is 7.39. The van der Waals surface area contributed by atoms with Crippen LogP contribution in [0.3, 0.4) is 0 Å². The number of nitrogens with zero attached hydrogens (tertiary/aromatic N) is 2. The highest BCUT2D eigenvalue weighted by Gasteiger charge is 2.22. The van der Waals surface area contributed by atoms with Crippen LogP contribution in [0.5, 0.6) is 0 Å². The molecule has 1 saturated heterocycles. The third-order valence-electron chi connectivity index (χ3n) is 4.81. The summed E-state index contributed by atoms with van der Waals surface area (Å²) in [5.74, 6) is -0.0280. The number of carbonyl (C=O) groups is 2. The van der Waals surface area contributed by atoms with E-state index in [1.165, 1.54) is 19.3 Å². The van der Waals surface area contributed by atoms with E-state index in [4.69, 9.17) is 0 Å². The Hall–Kier alpha value is -1.92. The van der Waals surface area contributed by atoms with E-state index in [1.807, 2.05) is 44.1 Å². The first-order chi connectivity index (χ1) is 12.4. The first-order valence-electron chi connectivity index (χ1n) is 9.48. The zero-order valence-electron chi connectivity index (χ0n) is 16.5. The summed E-state index contributed by atoms with van der Waals surface area (Å²) < 4.78 is 0. The standard InChI is InChI=1S/C20H32N4O2/c1-5-17-8-6-7-11-24(17)14-20(26)21-16-9-10-18(15(2)12-16)22-19(25)13-23(3)4/h9-10,12,17H,5-8,11,13-14H2,1-4H3,(H,21,26)(H,22,25). The van der Waals surface area contributed by atoms with Crippen molar-refractivity contribution in [1.82, 2.24) is 9.80 Å². The topological polar surface area (TPSA) is 64.7 Å². The molecule has 0 aromatic heterocycles. The van der Waals surface area contributed by atoms with Crippen LogP contribution in [0.4, 0.5) is 11.4 Å². The second-order valence-corrected chi connectivity index (χ2v) is 7.39. The molecular weight excluding hydrogens is 328 g/mol. The van der Waals surface area contributed by atoms with Gasteiger partial charge in [0.1, 0.15) is 0 Å². The Kier molecular flexibility index (Phi) is 7.60. The Labute approximate surface area is 156 Å². The monoisotopic (exact) mass is 360 g/mol. The summed E-state index contributed by atoms with van der Waals surface area (Å²) in [7, 11) is 3.72. The first-order valence-corrected chi connectivity index (χ1v) is 9.48. The Morgan fingerprint density at radius 2 is 1.96 bits per heavy atom. The molecule has 6 nitrogen and oxygen atoms in total. The number of anilines is 2. The lowest BCUT2D eigenvalue weighted by molar-refractivity contribution is -0.118. The fourth-order valence-corrected chi connectivity index (χ4v) is 3.47. The molecule has 1 aliphatic rings. The Morgan fingerprint density at radius 1 is 1.19 bits per heavy atom. The Balaban J connectivity index is 1.92. The van der Waals surface area contributed by atoms with E-state index in [0.29, 0.717) is 19.1 Å². The maximum atomic E-state index is 12.4. The molecule has 1 fully saturated rings. The molecule has 0 aliphatic carbocycles. The molecule has 1 heterocycles. The van der Waals surface area contributed by atoms with E-state index >= 15 is 0 Å². The molecule has 2 N–H and O–H groups in total. The second kappa shape index (κ2) is 9.69. The molecule has 0 radical (unpaired) electrons. The van der Waals surface area contributed by atoms with Crippen molar-refractivity contribution in [2.45, 2.75) is 45.6 Å². The molecule has 1 unspecified atom stereocenters. The van der Waals surface area contributed by atoms with E-state index in [-0.39, 0.29) is 11.8 Å². The molecule has 144 valence electrons. The van der Waals surface area contributed by atoms with Crippen LogP contribution in [-0.4, -0.2) is 61.4 Å². The van der Waals surface area contributed by atoms with Gasteiger partial charge in [-0.15, -0.1) is 0 Å². The molecule has 0 spiro atoms. The number of benzene rings is 1. The highest BCUT2D eigenvalue weighted by molar-refractivity contribution is 5.95. The van der Waals surface area contributed by atoms with Gasteiger partial charge in [-0.3, -0.25) is 14.5 Å². The van der Waals surface area contributed by atoms with Crippen LogP contribution in [-0.2, 0) is 9.59 Å². The van der Waals surface area contributed by atoms with E-state index in [0.717, 1.165) is 29.9 Å². The van der Waals surface area contributed by atoms with Crippen LogP contribution < -0.4 is 10.6 Å². The molecule has 2 rings (SSSR count). The van der Waals surface area contributed by atoms with Crippen molar-refractivity contribution >= 4 is 23.2 Å². The molecular formula is C20H32N4O2. The average Bonchev–Trinajstić information content (AvgIpc) is 2.57. The minimum atomic E-state index is -0.0504. The zero-order chi connectivity index (χ0) is 19.1. The van der Waals surface area contributed by atoms with Crippen molar-refractivity contribution in [3.05, 3.63) is 23.8 Å². The van der Waals surface area contributed by atoms with Crippen LogP contribution in [0.1, 0.15) is 38.2 Å². The minimum Gasteiger partial charge on any atom is -0.325 e. The minimum absolute atomic E-state index is 0.0224. The van der Waals surface area contributed by atoms with Gasteiger partial charge < -0.3 is 15.5 Å². The predicted octanol–water partition coefficient (Wildman–Crippen LogP) is 2.70. The highest BCUT2D eigenvalue weighted by Crippen LogP contribution is 2.21. The van der Waals surface area contributed by atoms with Crippen LogP contribution in [0.15, 0.2) is 18.2 Å². The number of piperidine rings is 1. The maximum absolute atomic E-state index is 12.4. The number of hydrogen-bond acceptors (Lipinski definition) is 4. The van der Waals surface area contributed by atoms with Crippen LogP contribution in [0.2, 0.25) is 0 Å². The zero-order valence-corrected chi connectivity index (χ0v) is 16.5. The lowest BCUT2D eigenvalue weighted by Crippen LogP contribution is -2.43. The lowest BCUT2D eigenvalue weighted by atomic mass is 10.00. The van der Waals surface area contributed by atoms with Gasteiger partial charge in [-0.2, -0.15) is 0 Å². The number of rotatable bonds is 7. The van der Waals surface area contributed by atoms with Gasteiger partial charge in [-0.25, -0.2) is 0 Å². The SMILES string of the molecule is CCC1CCCCN1CC(=O)Nc1ccc(NC(=O)CN(C)C)c(C)c1. The van der Waals surface area contributed by atoms with Gasteiger partial charge in [0.05, 0.1) is 13.1 Å². The van der Waals surface area contributed by atoms with Crippen molar-refractivity contribution in [3.8, 4) is 0 Å². The van der Waals surface area contributed by atoms with Gasteiger partial charge in [0, 0.05) is 17.4 Å². The number of hydrogen-bond donors (Lipinski definition) is 2. The summed E-state index contributed by atoms with van der Waals surface area (Å²) in [6.45, 7) is 5.90. The van der Waals surface area contributed by atoms with Crippen molar-refractivity contribution in [3.63, 3.8) is 0 Å². The number of likely N-dealkylation sites (N-methyl/N-ethyl adjacent to an activating group) is 1. The molecule has 1 aliphatic heterocycles. The molecule has 0 saturated carbocycles. The van der Waals surface area contributed by atoms with Gasteiger partial charge in [0.2, 0.25) is 11.8 Å². The summed E-state index contributed by atoms with van der Waals surface area (Å²) in [6, 6.07) is 6.10. The summed E-state index contributed by atoms with van der Waals surface area (Å²) in [5.41, 5.74) is 2.47. The summed E-state index contributed by atoms with van der Waals surface area (Å²) in [4.78, 5) is 28.4. The normalized spacial score (nSPS) is 18.0. The number of amides is 2. The largest absolute Gasteiger partial charge is 0.325 e. The van der Waals surface area contributed by atoms with Gasteiger partial charge in [-0.1, -0.05) is 13.3 Å². The molecule has 6 heteroatoms. The Bertz CT molecular complexity index is 630. The van der Waals surface area contributed by atoms with Crippen LogP contribution in [0.25, 0.3) is 0 Å².